The zero-order chi connectivity index (χ0) is 23.0. The highest BCUT2D eigenvalue weighted by Gasteiger charge is 2.20. The first-order chi connectivity index (χ1) is 16.1. The molecule has 0 saturated carbocycles. The molecule has 0 saturated heterocycles. The highest BCUT2D eigenvalue weighted by Crippen LogP contribution is 2.32. The smallest absolute Gasteiger partial charge is 0.230 e. The minimum absolute atomic E-state index is 0.0927. The van der Waals surface area contributed by atoms with Gasteiger partial charge in [-0.3, -0.25) is 14.5 Å². The van der Waals surface area contributed by atoms with Crippen molar-refractivity contribution in [1.29, 1.82) is 0 Å². The molecule has 0 bridgehead atoms. The summed E-state index contributed by atoms with van der Waals surface area (Å²) in [7, 11) is 1.63. The van der Waals surface area contributed by atoms with Crippen LogP contribution in [0.5, 0.6) is 5.75 Å². The highest BCUT2D eigenvalue weighted by atomic mass is 32.1. The van der Waals surface area contributed by atoms with Crippen molar-refractivity contribution in [3.63, 3.8) is 0 Å². The minimum Gasteiger partial charge on any atom is -0.497 e. The van der Waals surface area contributed by atoms with Crippen molar-refractivity contribution in [3.8, 4) is 5.75 Å². The Balaban J connectivity index is 1.46. The van der Waals surface area contributed by atoms with E-state index in [1.807, 2.05) is 78.9 Å². The normalized spacial score (nSPS) is 10.7. The van der Waals surface area contributed by atoms with E-state index < -0.39 is 0 Å². The first kappa shape index (κ1) is 22.5. The number of anilines is 1. The van der Waals surface area contributed by atoms with Crippen molar-refractivity contribution in [2.45, 2.75) is 19.4 Å². The van der Waals surface area contributed by atoms with Gasteiger partial charge in [-0.05, 0) is 29.3 Å². The van der Waals surface area contributed by atoms with E-state index >= 15 is 0 Å². The number of carbonyl (C=O) groups excluding carboxylic acids is 2. The van der Waals surface area contributed by atoms with E-state index in [0.717, 1.165) is 27.1 Å². The zero-order valence-electron chi connectivity index (χ0n) is 18.4. The maximum absolute atomic E-state index is 13.2. The number of methoxy groups -OCH3 is 1. The lowest BCUT2D eigenvalue weighted by atomic mass is 10.1. The SMILES string of the molecule is COc1ccc2nc(N(Cc3ccccc3)C(=O)CCNC(=O)Cc3ccccc3)sc2c1. The Kier molecular flexibility index (Phi) is 7.32. The van der Waals surface area contributed by atoms with E-state index in [9.17, 15) is 9.59 Å². The molecular formula is C26H25N3O3S. The molecule has 0 aliphatic carbocycles. The summed E-state index contributed by atoms with van der Waals surface area (Å²) in [6.07, 6.45) is 0.481. The van der Waals surface area contributed by atoms with Crippen LogP contribution in [0.1, 0.15) is 17.5 Å². The number of hydrogen-bond donors (Lipinski definition) is 1. The number of fused-ring (bicyclic) bond motifs is 1. The minimum atomic E-state index is -0.101. The van der Waals surface area contributed by atoms with Crippen molar-refractivity contribution in [3.05, 3.63) is 90.0 Å². The van der Waals surface area contributed by atoms with Gasteiger partial charge in [0.25, 0.3) is 0 Å². The second-order valence-electron chi connectivity index (χ2n) is 7.56. The predicted octanol–water partition coefficient (Wildman–Crippen LogP) is 4.59. The van der Waals surface area contributed by atoms with Crippen LogP contribution in [0.2, 0.25) is 0 Å². The first-order valence-electron chi connectivity index (χ1n) is 10.7. The summed E-state index contributed by atoms with van der Waals surface area (Å²) in [5.41, 5.74) is 2.77. The molecule has 33 heavy (non-hydrogen) atoms. The van der Waals surface area contributed by atoms with Crippen LogP contribution in [0.15, 0.2) is 78.9 Å². The fourth-order valence-corrected chi connectivity index (χ4v) is 4.46. The van der Waals surface area contributed by atoms with E-state index in [2.05, 4.69) is 10.3 Å². The number of carbonyl (C=O) groups is 2. The lowest BCUT2D eigenvalue weighted by molar-refractivity contribution is -0.121. The molecule has 7 heteroatoms. The Morgan fingerprint density at radius 2 is 1.67 bits per heavy atom. The quantitative estimate of drug-likeness (QED) is 0.398. The van der Waals surface area contributed by atoms with Gasteiger partial charge < -0.3 is 10.1 Å². The van der Waals surface area contributed by atoms with Crippen molar-refractivity contribution in [2.75, 3.05) is 18.6 Å². The molecule has 0 unspecified atom stereocenters. The van der Waals surface area contributed by atoms with Gasteiger partial charge in [-0.1, -0.05) is 72.0 Å². The number of amides is 2. The molecule has 3 aromatic carbocycles. The molecule has 0 fully saturated rings. The van der Waals surface area contributed by atoms with Crippen LogP contribution in [-0.4, -0.2) is 30.5 Å². The third kappa shape index (κ3) is 5.96. The van der Waals surface area contributed by atoms with Crippen LogP contribution in [0.25, 0.3) is 10.2 Å². The second-order valence-corrected chi connectivity index (χ2v) is 8.57. The molecule has 2 amide bonds. The molecule has 4 rings (SSSR count). The Morgan fingerprint density at radius 3 is 2.36 bits per heavy atom. The number of ether oxygens (including phenoxy) is 1. The zero-order valence-corrected chi connectivity index (χ0v) is 19.2. The maximum Gasteiger partial charge on any atom is 0.230 e. The average molecular weight is 460 g/mol. The predicted molar refractivity (Wildman–Crippen MR) is 132 cm³/mol. The molecule has 1 N–H and O–H groups in total. The summed E-state index contributed by atoms with van der Waals surface area (Å²) in [6, 6.07) is 25.0. The van der Waals surface area contributed by atoms with Crippen molar-refractivity contribution < 1.29 is 14.3 Å². The molecule has 0 spiro atoms. The molecule has 4 aromatic rings. The molecule has 0 aliphatic heterocycles. The van der Waals surface area contributed by atoms with Crippen LogP contribution in [0, 0.1) is 0 Å². The van der Waals surface area contributed by atoms with Crippen LogP contribution < -0.4 is 15.0 Å². The standard InChI is InChI=1S/C26H25N3O3S/c1-32-21-12-13-22-23(17-21)33-26(28-22)29(18-20-10-6-3-7-11-20)25(31)14-15-27-24(30)16-19-8-4-2-5-9-19/h2-13,17H,14-16,18H2,1H3,(H,27,30). The summed E-state index contributed by atoms with van der Waals surface area (Å²) >= 11 is 1.45. The van der Waals surface area contributed by atoms with Gasteiger partial charge in [-0.25, -0.2) is 4.98 Å². The molecule has 0 aliphatic rings. The van der Waals surface area contributed by atoms with Gasteiger partial charge in [0.05, 0.1) is 30.3 Å². The number of hydrogen-bond acceptors (Lipinski definition) is 5. The van der Waals surface area contributed by atoms with E-state index in [0.29, 0.717) is 18.1 Å². The Bertz CT molecular complexity index is 1230. The second kappa shape index (κ2) is 10.7. The summed E-state index contributed by atoms with van der Waals surface area (Å²) in [5.74, 6) is 0.556. The number of aromatic nitrogens is 1. The molecular weight excluding hydrogens is 434 g/mol. The maximum atomic E-state index is 13.2. The van der Waals surface area contributed by atoms with E-state index in [-0.39, 0.29) is 24.8 Å². The summed E-state index contributed by atoms with van der Waals surface area (Å²) in [4.78, 5) is 31.8. The number of nitrogens with zero attached hydrogens (tertiary/aromatic N) is 2. The van der Waals surface area contributed by atoms with Gasteiger partial charge in [0, 0.05) is 13.0 Å². The van der Waals surface area contributed by atoms with Crippen molar-refractivity contribution in [2.24, 2.45) is 0 Å². The molecule has 1 heterocycles. The van der Waals surface area contributed by atoms with Gasteiger partial charge in [0.1, 0.15) is 5.75 Å². The number of rotatable bonds is 9. The summed E-state index contributed by atoms with van der Waals surface area (Å²) in [6.45, 7) is 0.684. The highest BCUT2D eigenvalue weighted by molar-refractivity contribution is 7.22. The fourth-order valence-electron chi connectivity index (χ4n) is 3.45. The van der Waals surface area contributed by atoms with E-state index in [1.54, 1.807) is 12.0 Å². The Morgan fingerprint density at radius 1 is 0.970 bits per heavy atom. The van der Waals surface area contributed by atoms with Gasteiger partial charge >= 0.3 is 0 Å². The molecule has 0 radical (unpaired) electrons. The Hall–Kier alpha value is -3.71. The van der Waals surface area contributed by atoms with Gasteiger partial charge in [0.15, 0.2) is 5.13 Å². The topological polar surface area (TPSA) is 71.5 Å². The molecule has 1 aromatic heterocycles. The van der Waals surface area contributed by atoms with Gasteiger partial charge in [-0.15, -0.1) is 0 Å². The van der Waals surface area contributed by atoms with Crippen molar-refractivity contribution in [1.82, 2.24) is 10.3 Å². The summed E-state index contributed by atoms with van der Waals surface area (Å²) < 4.78 is 6.26. The van der Waals surface area contributed by atoms with Crippen molar-refractivity contribution >= 4 is 38.5 Å². The van der Waals surface area contributed by atoms with Crippen LogP contribution in [0.3, 0.4) is 0 Å². The first-order valence-corrected chi connectivity index (χ1v) is 11.5. The van der Waals surface area contributed by atoms with E-state index in [1.165, 1.54) is 11.3 Å². The number of thiazole rings is 1. The fraction of sp³-hybridized carbons (Fsp3) is 0.192. The molecule has 168 valence electrons. The number of nitrogens with one attached hydrogen (secondary N) is 1. The molecule has 0 atom stereocenters. The van der Waals surface area contributed by atoms with Gasteiger partial charge in [-0.2, -0.15) is 0 Å². The van der Waals surface area contributed by atoms with Crippen LogP contribution in [-0.2, 0) is 22.6 Å². The monoisotopic (exact) mass is 459 g/mol. The lowest BCUT2D eigenvalue weighted by Gasteiger charge is -2.20. The lowest BCUT2D eigenvalue weighted by Crippen LogP contribution is -2.34. The summed E-state index contributed by atoms with van der Waals surface area (Å²) in [5, 5.41) is 3.48. The van der Waals surface area contributed by atoms with Crippen LogP contribution >= 0.6 is 11.3 Å². The van der Waals surface area contributed by atoms with Gasteiger partial charge in [0.2, 0.25) is 11.8 Å². The van der Waals surface area contributed by atoms with Crippen LogP contribution in [0.4, 0.5) is 5.13 Å². The Labute approximate surface area is 196 Å². The largest absolute Gasteiger partial charge is 0.497 e. The third-order valence-corrected chi connectivity index (χ3v) is 6.21. The van der Waals surface area contributed by atoms with E-state index in [4.69, 9.17) is 4.74 Å². The molecule has 6 nitrogen and oxygen atoms in total. The third-order valence-electron chi connectivity index (χ3n) is 5.17. The average Bonchev–Trinajstić information content (AvgIpc) is 3.26. The number of benzene rings is 3.